The summed E-state index contributed by atoms with van der Waals surface area (Å²) in [6, 6.07) is 4.86. The van der Waals surface area contributed by atoms with Crippen LogP contribution in [0.25, 0.3) is 0 Å². The molecule has 88 valence electrons. The Bertz CT molecular complexity index is 383. The Morgan fingerprint density at radius 2 is 2.06 bits per heavy atom. The molecule has 0 radical (unpaired) electrons. The molecule has 0 aliphatic rings. The van der Waals surface area contributed by atoms with E-state index in [1.165, 1.54) is 12.1 Å². The summed E-state index contributed by atoms with van der Waals surface area (Å²) in [6.45, 7) is 2.44. The maximum Gasteiger partial charge on any atom is 0.416 e. The van der Waals surface area contributed by atoms with Crippen molar-refractivity contribution in [3.05, 3.63) is 35.4 Å². The molecular weight excluding hydrogens is 217 g/mol. The number of nitrogens with zero attached hydrogens (tertiary/aromatic N) is 1. The number of amidine groups is 1. The predicted octanol–water partition coefficient (Wildman–Crippen LogP) is 2.82. The Morgan fingerprint density at radius 1 is 1.38 bits per heavy atom. The van der Waals surface area contributed by atoms with E-state index in [1.54, 1.807) is 0 Å². The van der Waals surface area contributed by atoms with Crippen LogP contribution < -0.4 is 5.73 Å². The Balaban J connectivity index is 2.99. The lowest BCUT2D eigenvalue weighted by Gasteiger charge is -2.08. The van der Waals surface area contributed by atoms with Crippen LogP contribution in [0.4, 0.5) is 13.2 Å². The lowest BCUT2D eigenvalue weighted by atomic mass is 10.1. The quantitative estimate of drug-likeness (QED) is 0.629. The Morgan fingerprint density at radius 3 is 2.62 bits per heavy atom. The van der Waals surface area contributed by atoms with Gasteiger partial charge in [-0.15, -0.1) is 0 Å². The highest BCUT2D eigenvalue weighted by atomic mass is 19.4. The number of rotatable bonds is 3. The van der Waals surface area contributed by atoms with Crippen molar-refractivity contribution >= 4 is 5.84 Å². The average Bonchev–Trinajstić information content (AvgIpc) is 2.25. The second kappa shape index (κ2) is 5.01. The fraction of sp³-hybridized carbons (Fsp3) is 0.364. The molecule has 2 N–H and O–H groups in total. The summed E-state index contributed by atoms with van der Waals surface area (Å²) in [4.78, 5) is 3.96. The molecule has 1 rings (SSSR count). The molecule has 0 bridgehead atoms. The molecule has 0 saturated carbocycles. The van der Waals surface area contributed by atoms with Crippen molar-refractivity contribution in [2.24, 2.45) is 10.7 Å². The van der Waals surface area contributed by atoms with Crippen molar-refractivity contribution in [2.75, 3.05) is 6.54 Å². The van der Waals surface area contributed by atoms with Gasteiger partial charge in [0.05, 0.1) is 5.56 Å². The van der Waals surface area contributed by atoms with Gasteiger partial charge in [-0.05, 0) is 18.6 Å². The number of hydrogen-bond donors (Lipinski definition) is 1. The number of alkyl halides is 3. The number of nitrogens with two attached hydrogens (primary N) is 1. The lowest BCUT2D eigenvalue weighted by Crippen LogP contribution is -2.15. The van der Waals surface area contributed by atoms with Crippen LogP contribution in [-0.2, 0) is 6.18 Å². The first-order chi connectivity index (χ1) is 7.45. The highest BCUT2D eigenvalue weighted by molar-refractivity contribution is 5.97. The maximum atomic E-state index is 12.4. The summed E-state index contributed by atoms with van der Waals surface area (Å²) in [6.07, 6.45) is -3.54. The molecule has 0 saturated heterocycles. The molecule has 16 heavy (non-hydrogen) atoms. The van der Waals surface area contributed by atoms with Crippen LogP contribution in [0, 0.1) is 0 Å². The van der Waals surface area contributed by atoms with Crippen LogP contribution in [0.15, 0.2) is 29.3 Å². The Hall–Kier alpha value is -1.52. The molecule has 0 aliphatic heterocycles. The summed E-state index contributed by atoms with van der Waals surface area (Å²) in [5.41, 5.74) is 5.18. The molecule has 0 aliphatic carbocycles. The zero-order valence-electron chi connectivity index (χ0n) is 8.88. The van der Waals surface area contributed by atoms with Gasteiger partial charge in [0.25, 0.3) is 0 Å². The Kier molecular flexibility index (Phi) is 3.93. The molecule has 2 nitrogen and oxygen atoms in total. The van der Waals surface area contributed by atoms with Gasteiger partial charge < -0.3 is 5.73 Å². The molecule has 0 fully saturated rings. The maximum absolute atomic E-state index is 12.4. The summed E-state index contributed by atoms with van der Waals surface area (Å²) in [5, 5.41) is 0. The van der Waals surface area contributed by atoms with Crippen LogP contribution >= 0.6 is 0 Å². The van der Waals surface area contributed by atoms with Gasteiger partial charge in [-0.2, -0.15) is 13.2 Å². The first-order valence-corrected chi connectivity index (χ1v) is 4.92. The molecule has 0 amide bonds. The fourth-order valence-corrected chi connectivity index (χ4v) is 1.18. The standard InChI is InChI=1S/C11H13F3N2/c1-2-6-16-10(15)8-4-3-5-9(7-8)11(12,13)14/h3-5,7H,2,6H2,1H3,(H2,15,16). The number of benzene rings is 1. The molecule has 0 atom stereocenters. The third kappa shape index (κ3) is 3.25. The summed E-state index contributed by atoms with van der Waals surface area (Å²) in [5.74, 6) is 0.146. The molecule has 1 aromatic rings. The SMILES string of the molecule is CCCN=C(N)c1cccc(C(F)(F)F)c1. The van der Waals surface area contributed by atoms with E-state index >= 15 is 0 Å². The number of hydrogen-bond acceptors (Lipinski definition) is 1. The molecule has 0 aromatic heterocycles. The molecule has 0 spiro atoms. The highest BCUT2D eigenvalue weighted by Crippen LogP contribution is 2.29. The van der Waals surface area contributed by atoms with Crippen LogP contribution in [0.1, 0.15) is 24.5 Å². The Labute approximate surface area is 92.0 Å². The van der Waals surface area contributed by atoms with Gasteiger partial charge in [0.2, 0.25) is 0 Å². The molecular formula is C11H13F3N2. The van der Waals surface area contributed by atoms with Gasteiger partial charge in [0.1, 0.15) is 5.84 Å². The smallest absolute Gasteiger partial charge is 0.384 e. The topological polar surface area (TPSA) is 38.4 Å². The minimum absolute atomic E-state index is 0.146. The zero-order valence-corrected chi connectivity index (χ0v) is 8.88. The molecule has 0 unspecified atom stereocenters. The van der Waals surface area contributed by atoms with Crippen molar-refractivity contribution in [1.29, 1.82) is 0 Å². The first-order valence-electron chi connectivity index (χ1n) is 4.92. The van der Waals surface area contributed by atoms with E-state index in [0.29, 0.717) is 12.1 Å². The zero-order chi connectivity index (χ0) is 12.2. The minimum Gasteiger partial charge on any atom is -0.384 e. The van der Waals surface area contributed by atoms with Crippen molar-refractivity contribution in [2.45, 2.75) is 19.5 Å². The first kappa shape index (κ1) is 12.5. The van der Waals surface area contributed by atoms with E-state index in [9.17, 15) is 13.2 Å². The van der Waals surface area contributed by atoms with Crippen LogP contribution in [0.2, 0.25) is 0 Å². The second-order valence-corrected chi connectivity index (χ2v) is 3.35. The highest BCUT2D eigenvalue weighted by Gasteiger charge is 2.30. The van der Waals surface area contributed by atoms with Gasteiger partial charge in [-0.25, -0.2) is 0 Å². The second-order valence-electron chi connectivity index (χ2n) is 3.35. The van der Waals surface area contributed by atoms with Crippen molar-refractivity contribution in [3.63, 3.8) is 0 Å². The molecule has 5 heteroatoms. The van der Waals surface area contributed by atoms with E-state index < -0.39 is 11.7 Å². The minimum atomic E-state index is -4.35. The predicted molar refractivity (Wildman–Crippen MR) is 57.3 cm³/mol. The third-order valence-corrected chi connectivity index (χ3v) is 1.99. The van der Waals surface area contributed by atoms with Crippen LogP contribution in [-0.4, -0.2) is 12.4 Å². The summed E-state index contributed by atoms with van der Waals surface area (Å²) in [7, 11) is 0. The van der Waals surface area contributed by atoms with Gasteiger partial charge in [-0.1, -0.05) is 19.1 Å². The van der Waals surface area contributed by atoms with Crippen LogP contribution in [0.3, 0.4) is 0 Å². The van der Waals surface area contributed by atoms with E-state index in [0.717, 1.165) is 18.6 Å². The van der Waals surface area contributed by atoms with Crippen molar-refractivity contribution in [1.82, 2.24) is 0 Å². The monoisotopic (exact) mass is 230 g/mol. The van der Waals surface area contributed by atoms with E-state index in [2.05, 4.69) is 4.99 Å². The van der Waals surface area contributed by atoms with Crippen LogP contribution in [0.5, 0.6) is 0 Å². The molecule has 0 heterocycles. The number of halogens is 3. The summed E-state index contributed by atoms with van der Waals surface area (Å²) < 4.78 is 37.2. The van der Waals surface area contributed by atoms with E-state index in [4.69, 9.17) is 5.73 Å². The van der Waals surface area contributed by atoms with E-state index in [-0.39, 0.29) is 5.84 Å². The summed E-state index contributed by atoms with van der Waals surface area (Å²) >= 11 is 0. The van der Waals surface area contributed by atoms with Gasteiger partial charge >= 0.3 is 6.18 Å². The normalized spacial score (nSPS) is 12.9. The van der Waals surface area contributed by atoms with Crippen molar-refractivity contribution in [3.8, 4) is 0 Å². The van der Waals surface area contributed by atoms with E-state index in [1.807, 2.05) is 6.92 Å². The average molecular weight is 230 g/mol. The van der Waals surface area contributed by atoms with Gasteiger partial charge in [0.15, 0.2) is 0 Å². The largest absolute Gasteiger partial charge is 0.416 e. The molecule has 1 aromatic carbocycles. The number of aliphatic imine (C=N–C) groups is 1. The fourth-order valence-electron chi connectivity index (χ4n) is 1.18. The lowest BCUT2D eigenvalue weighted by molar-refractivity contribution is -0.137. The van der Waals surface area contributed by atoms with Gasteiger partial charge in [0, 0.05) is 12.1 Å². The van der Waals surface area contributed by atoms with Crippen molar-refractivity contribution < 1.29 is 13.2 Å². The van der Waals surface area contributed by atoms with Gasteiger partial charge in [-0.3, -0.25) is 4.99 Å². The third-order valence-electron chi connectivity index (χ3n) is 1.99.